The molecule has 0 saturated carbocycles. The number of imide groups is 1. The first-order valence-corrected chi connectivity index (χ1v) is 6.01. The number of carbonyl (C=O) groups is 3. The summed E-state index contributed by atoms with van der Waals surface area (Å²) in [6.07, 6.45) is 0. The normalized spacial score (nSPS) is 17.3. The number of rotatable bonds is 2. The van der Waals surface area contributed by atoms with Crippen molar-refractivity contribution >= 4 is 28.3 Å². The second-order valence-electron chi connectivity index (χ2n) is 3.19. The number of nitrogens with one attached hydrogen (secondary N) is 1. The molecular formula is C7H10FN3O5S. The monoisotopic (exact) mass is 267 g/mol. The van der Waals surface area contributed by atoms with Crippen molar-refractivity contribution in [2.45, 2.75) is 6.92 Å². The van der Waals surface area contributed by atoms with Crippen molar-refractivity contribution in [3.05, 3.63) is 0 Å². The molecule has 8 nitrogen and oxygen atoms in total. The van der Waals surface area contributed by atoms with Gasteiger partial charge in [0.25, 0.3) is 0 Å². The van der Waals surface area contributed by atoms with Crippen LogP contribution in [0.15, 0.2) is 0 Å². The van der Waals surface area contributed by atoms with E-state index in [-0.39, 0.29) is 13.1 Å². The maximum Gasteiger partial charge on any atom is 0.400 e. The van der Waals surface area contributed by atoms with Gasteiger partial charge >= 0.3 is 28.3 Å². The zero-order valence-electron chi connectivity index (χ0n) is 8.84. The average molecular weight is 267 g/mol. The van der Waals surface area contributed by atoms with E-state index in [2.05, 4.69) is 0 Å². The second kappa shape index (κ2) is 4.65. The molecule has 4 amide bonds. The predicted octanol–water partition coefficient (Wildman–Crippen LogP) is -1.40. The van der Waals surface area contributed by atoms with E-state index < -0.39 is 28.3 Å². The molecule has 0 aromatic heterocycles. The molecule has 0 aliphatic carbocycles. The van der Waals surface area contributed by atoms with Gasteiger partial charge in [-0.25, -0.2) is 9.52 Å². The van der Waals surface area contributed by atoms with Gasteiger partial charge in [0.2, 0.25) is 0 Å². The molecule has 1 aliphatic rings. The Morgan fingerprint density at radius 2 is 1.94 bits per heavy atom. The fraction of sp³-hybridized carbons (Fsp3) is 0.571. The van der Waals surface area contributed by atoms with E-state index in [0.717, 1.165) is 4.72 Å². The van der Waals surface area contributed by atoms with Crippen LogP contribution in [-0.2, 0) is 20.0 Å². The van der Waals surface area contributed by atoms with E-state index in [4.69, 9.17) is 0 Å². The fourth-order valence-electron chi connectivity index (χ4n) is 1.33. The molecule has 1 fully saturated rings. The molecule has 0 radical (unpaired) electrons. The zero-order chi connectivity index (χ0) is 13.2. The minimum atomic E-state index is -5.25. The summed E-state index contributed by atoms with van der Waals surface area (Å²) in [7, 11) is -5.25. The van der Waals surface area contributed by atoms with Gasteiger partial charge < -0.3 is 4.90 Å². The van der Waals surface area contributed by atoms with Crippen LogP contribution < -0.4 is 4.72 Å². The van der Waals surface area contributed by atoms with Crippen molar-refractivity contribution in [3.8, 4) is 0 Å². The number of halogens is 1. The number of hydrogen-bond donors (Lipinski definition) is 1. The SMILES string of the molecule is CCN1CCN(C(=O)NS(=O)(=O)F)C(=O)C1=O. The summed E-state index contributed by atoms with van der Waals surface area (Å²) in [5, 5.41) is 0. The van der Waals surface area contributed by atoms with E-state index >= 15 is 0 Å². The lowest BCUT2D eigenvalue weighted by atomic mass is 10.3. The maximum atomic E-state index is 12.2. The Hall–Kier alpha value is -1.71. The largest absolute Gasteiger partial charge is 0.400 e. The zero-order valence-corrected chi connectivity index (χ0v) is 9.66. The molecule has 0 bridgehead atoms. The smallest absolute Gasteiger partial charge is 0.333 e. The fourth-order valence-corrected chi connectivity index (χ4v) is 1.65. The summed E-state index contributed by atoms with van der Waals surface area (Å²) >= 11 is 0. The van der Waals surface area contributed by atoms with E-state index in [1.165, 1.54) is 4.90 Å². The highest BCUT2D eigenvalue weighted by molar-refractivity contribution is 7.84. The van der Waals surface area contributed by atoms with E-state index in [0.29, 0.717) is 11.4 Å². The van der Waals surface area contributed by atoms with Crippen LogP contribution in [0.5, 0.6) is 0 Å². The third-order valence-electron chi connectivity index (χ3n) is 2.14. The Morgan fingerprint density at radius 3 is 2.41 bits per heavy atom. The Bertz CT molecular complexity index is 462. The van der Waals surface area contributed by atoms with Crippen molar-refractivity contribution in [3.63, 3.8) is 0 Å². The molecule has 0 aromatic carbocycles. The second-order valence-corrected chi connectivity index (χ2v) is 4.27. The molecule has 1 aliphatic heterocycles. The summed E-state index contributed by atoms with van der Waals surface area (Å²) in [4.78, 5) is 35.4. The molecule has 1 N–H and O–H groups in total. The van der Waals surface area contributed by atoms with E-state index in [1.807, 2.05) is 0 Å². The van der Waals surface area contributed by atoms with Crippen LogP contribution in [0.4, 0.5) is 8.68 Å². The Kier molecular flexibility index (Phi) is 3.66. The highest BCUT2D eigenvalue weighted by atomic mass is 32.3. The number of likely N-dealkylation sites (N-methyl/N-ethyl adjacent to an activating group) is 1. The maximum absolute atomic E-state index is 12.2. The molecule has 17 heavy (non-hydrogen) atoms. The Labute approximate surface area is 96.7 Å². The summed E-state index contributed by atoms with van der Waals surface area (Å²) in [6.45, 7) is 1.84. The Balaban J connectivity index is 2.78. The van der Waals surface area contributed by atoms with Crippen molar-refractivity contribution in [1.82, 2.24) is 14.5 Å². The summed E-state index contributed by atoms with van der Waals surface area (Å²) in [5.41, 5.74) is 0. The van der Waals surface area contributed by atoms with Gasteiger partial charge in [-0.15, -0.1) is 0 Å². The lowest BCUT2D eigenvalue weighted by Gasteiger charge is -2.31. The van der Waals surface area contributed by atoms with Gasteiger partial charge in [-0.2, -0.15) is 8.42 Å². The Morgan fingerprint density at radius 1 is 1.35 bits per heavy atom. The molecule has 10 heteroatoms. The number of piperazine rings is 1. The number of urea groups is 1. The van der Waals surface area contributed by atoms with Crippen LogP contribution in [0, 0.1) is 0 Å². The van der Waals surface area contributed by atoms with Crippen LogP contribution in [0.25, 0.3) is 0 Å². The highest BCUT2D eigenvalue weighted by Crippen LogP contribution is 2.05. The van der Waals surface area contributed by atoms with Crippen molar-refractivity contribution in [2.75, 3.05) is 19.6 Å². The molecule has 1 saturated heterocycles. The topological polar surface area (TPSA) is 104 Å². The van der Waals surface area contributed by atoms with E-state index in [9.17, 15) is 26.7 Å². The van der Waals surface area contributed by atoms with Gasteiger partial charge in [0.1, 0.15) is 0 Å². The first-order chi connectivity index (χ1) is 7.76. The molecule has 1 heterocycles. The third kappa shape index (κ3) is 3.12. The summed E-state index contributed by atoms with van der Waals surface area (Å²) in [5.74, 6) is -2.11. The van der Waals surface area contributed by atoms with Crippen LogP contribution in [0.2, 0.25) is 0 Å². The lowest BCUT2D eigenvalue weighted by molar-refractivity contribution is -0.153. The minimum absolute atomic E-state index is 0.0842. The summed E-state index contributed by atoms with van der Waals surface area (Å²) in [6, 6.07) is -1.47. The molecule has 0 aromatic rings. The van der Waals surface area contributed by atoms with E-state index in [1.54, 1.807) is 6.92 Å². The molecule has 0 unspecified atom stereocenters. The van der Waals surface area contributed by atoms with Crippen LogP contribution in [0.3, 0.4) is 0 Å². The first kappa shape index (κ1) is 13.4. The molecule has 0 atom stereocenters. The highest BCUT2D eigenvalue weighted by Gasteiger charge is 2.36. The van der Waals surface area contributed by atoms with Crippen LogP contribution >= 0.6 is 0 Å². The number of nitrogens with zero attached hydrogens (tertiary/aromatic N) is 2. The molecule has 1 rings (SSSR count). The van der Waals surface area contributed by atoms with Crippen molar-refractivity contribution < 1.29 is 26.7 Å². The molecular weight excluding hydrogens is 257 g/mol. The predicted molar refractivity (Wildman–Crippen MR) is 52.5 cm³/mol. The average Bonchev–Trinajstić information content (AvgIpc) is 2.19. The third-order valence-corrected chi connectivity index (χ3v) is 2.56. The van der Waals surface area contributed by atoms with Crippen molar-refractivity contribution in [2.24, 2.45) is 0 Å². The van der Waals surface area contributed by atoms with Gasteiger partial charge in [-0.3, -0.25) is 14.5 Å². The van der Waals surface area contributed by atoms with Crippen molar-refractivity contribution in [1.29, 1.82) is 0 Å². The van der Waals surface area contributed by atoms with Gasteiger partial charge in [-0.05, 0) is 6.92 Å². The minimum Gasteiger partial charge on any atom is -0.333 e. The number of amides is 4. The lowest BCUT2D eigenvalue weighted by Crippen LogP contribution is -2.58. The summed E-state index contributed by atoms with van der Waals surface area (Å²) < 4.78 is 33.5. The quantitative estimate of drug-likeness (QED) is 0.489. The molecule has 0 spiro atoms. The van der Waals surface area contributed by atoms with Gasteiger partial charge in [-0.1, -0.05) is 3.89 Å². The van der Waals surface area contributed by atoms with Crippen LogP contribution in [-0.4, -0.2) is 55.7 Å². The number of carbonyl (C=O) groups excluding carboxylic acids is 3. The van der Waals surface area contributed by atoms with Gasteiger partial charge in [0.05, 0.1) is 0 Å². The molecule has 96 valence electrons. The van der Waals surface area contributed by atoms with Gasteiger partial charge in [0.15, 0.2) is 0 Å². The first-order valence-electron chi connectivity index (χ1n) is 4.63. The standard InChI is InChI=1S/C7H10FN3O5S/c1-2-10-3-4-11(6(13)5(10)12)7(14)9-17(8,15)16/h2-4H2,1H3,(H,9,14). The van der Waals surface area contributed by atoms with Crippen LogP contribution in [0.1, 0.15) is 6.92 Å². The van der Waals surface area contributed by atoms with Gasteiger partial charge in [0, 0.05) is 19.6 Å². The number of hydrogen-bond acceptors (Lipinski definition) is 5.